The van der Waals surface area contributed by atoms with Gasteiger partial charge in [0.2, 0.25) is 10.0 Å². The zero-order chi connectivity index (χ0) is 16.2. The van der Waals surface area contributed by atoms with Crippen LogP contribution in [0.1, 0.15) is 37.7 Å². The summed E-state index contributed by atoms with van der Waals surface area (Å²) >= 11 is 0. The fraction of sp³-hybridized carbons (Fsp3) is 0.625. The van der Waals surface area contributed by atoms with Gasteiger partial charge in [0, 0.05) is 6.54 Å². The summed E-state index contributed by atoms with van der Waals surface area (Å²) in [6, 6.07) is 5.02. The molecule has 2 N–H and O–H groups in total. The Labute approximate surface area is 132 Å². The molecule has 0 bridgehead atoms. The molecule has 22 heavy (non-hydrogen) atoms. The minimum absolute atomic E-state index is 0.0457. The number of ether oxygens (including phenoxy) is 1. The molecule has 6 heteroatoms. The molecule has 0 unspecified atom stereocenters. The van der Waals surface area contributed by atoms with E-state index >= 15 is 0 Å². The van der Waals surface area contributed by atoms with Crippen LogP contribution in [-0.2, 0) is 10.0 Å². The molecule has 0 heterocycles. The van der Waals surface area contributed by atoms with Crippen LogP contribution in [0.25, 0.3) is 0 Å². The zero-order valence-electron chi connectivity index (χ0n) is 13.2. The van der Waals surface area contributed by atoms with Gasteiger partial charge in [0.05, 0.1) is 13.2 Å². The fourth-order valence-electron chi connectivity index (χ4n) is 2.95. The van der Waals surface area contributed by atoms with Gasteiger partial charge in [0.1, 0.15) is 10.6 Å². The van der Waals surface area contributed by atoms with Gasteiger partial charge in [-0.2, -0.15) is 0 Å². The predicted octanol–water partition coefficient (Wildman–Crippen LogP) is 2.22. The summed E-state index contributed by atoms with van der Waals surface area (Å²) < 4.78 is 32.5. The fourth-order valence-corrected chi connectivity index (χ4v) is 4.26. The number of benzene rings is 1. The van der Waals surface area contributed by atoms with Crippen molar-refractivity contribution in [3.63, 3.8) is 0 Å². The number of methoxy groups -OCH3 is 1. The van der Waals surface area contributed by atoms with Crippen molar-refractivity contribution < 1.29 is 18.3 Å². The monoisotopic (exact) mass is 327 g/mol. The second kappa shape index (κ2) is 7.44. The molecular formula is C16H25NO4S. The SMILES string of the molecule is COc1ccc(C)cc1S(=O)(=O)NC[C@H](O)C1CCCCC1. The predicted molar refractivity (Wildman–Crippen MR) is 85.5 cm³/mol. The van der Waals surface area contributed by atoms with E-state index in [1.807, 2.05) is 6.92 Å². The van der Waals surface area contributed by atoms with Gasteiger partial charge in [-0.15, -0.1) is 0 Å². The minimum Gasteiger partial charge on any atom is -0.495 e. The third kappa shape index (κ3) is 4.21. The molecule has 0 aliphatic heterocycles. The second-order valence-electron chi connectivity index (χ2n) is 5.97. The van der Waals surface area contributed by atoms with Crippen LogP contribution in [0.15, 0.2) is 23.1 Å². The van der Waals surface area contributed by atoms with Gasteiger partial charge in [-0.1, -0.05) is 25.3 Å². The molecule has 5 nitrogen and oxygen atoms in total. The molecule has 0 amide bonds. The highest BCUT2D eigenvalue weighted by Gasteiger charge is 2.25. The minimum atomic E-state index is -3.69. The Morgan fingerprint density at radius 2 is 2.00 bits per heavy atom. The van der Waals surface area contributed by atoms with E-state index in [2.05, 4.69) is 4.72 Å². The van der Waals surface area contributed by atoms with Gasteiger partial charge in [-0.3, -0.25) is 0 Å². The Hall–Kier alpha value is -1.11. The highest BCUT2D eigenvalue weighted by atomic mass is 32.2. The number of nitrogens with one attached hydrogen (secondary N) is 1. The number of aliphatic hydroxyl groups excluding tert-OH is 1. The number of aliphatic hydroxyl groups is 1. The quantitative estimate of drug-likeness (QED) is 0.840. The molecule has 1 aromatic carbocycles. The number of hydrogen-bond donors (Lipinski definition) is 2. The summed E-state index contributed by atoms with van der Waals surface area (Å²) in [7, 11) is -2.25. The van der Waals surface area contributed by atoms with E-state index in [9.17, 15) is 13.5 Å². The van der Waals surface area contributed by atoms with Crippen LogP contribution < -0.4 is 9.46 Å². The highest BCUT2D eigenvalue weighted by Crippen LogP contribution is 2.27. The Balaban J connectivity index is 2.06. The summed E-state index contributed by atoms with van der Waals surface area (Å²) in [6.45, 7) is 1.87. The van der Waals surface area contributed by atoms with Crippen molar-refractivity contribution in [1.29, 1.82) is 0 Å². The van der Waals surface area contributed by atoms with Crippen molar-refractivity contribution in [3.8, 4) is 5.75 Å². The maximum absolute atomic E-state index is 12.4. The molecule has 1 saturated carbocycles. The van der Waals surface area contributed by atoms with Crippen LogP contribution in [0, 0.1) is 12.8 Å². The van der Waals surface area contributed by atoms with E-state index in [1.165, 1.54) is 13.5 Å². The van der Waals surface area contributed by atoms with E-state index in [0.29, 0.717) is 5.75 Å². The van der Waals surface area contributed by atoms with Gasteiger partial charge >= 0.3 is 0 Å². The van der Waals surface area contributed by atoms with Gasteiger partial charge < -0.3 is 9.84 Å². The topological polar surface area (TPSA) is 75.6 Å². The Morgan fingerprint density at radius 3 is 2.64 bits per heavy atom. The van der Waals surface area contributed by atoms with Crippen molar-refractivity contribution in [2.75, 3.05) is 13.7 Å². The first-order chi connectivity index (χ1) is 10.4. The van der Waals surface area contributed by atoms with Gasteiger partial charge in [0.15, 0.2) is 0 Å². The molecular weight excluding hydrogens is 302 g/mol. The van der Waals surface area contributed by atoms with Crippen LogP contribution >= 0.6 is 0 Å². The molecule has 1 aliphatic carbocycles. The van der Waals surface area contributed by atoms with Crippen LogP contribution in [0.5, 0.6) is 5.75 Å². The van der Waals surface area contributed by atoms with Crippen molar-refractivity contribution in [2.24, 2.45) is 5.92 Å². The van der Waals surface area contributed by atoms with Crippen molar-refractivity contribution >= 4 is 10.0 Å². The van der Waals surface area contributed by atoms with Gasteiger partial charge in [0.25, 0.3) is 0 Å². The maximum Gasteiger partial charge on any atom is 0.244 e. The summed E-state index contributed by atoms with van der Waals surface area (Å²) in [5, 5.41) is 10.2. The van der Waals surface area contributed by atoms with Crippen LogP contribution in [0.2, 0.25) is 0 Å². The van der Waals surface area contributed by atoms with E-state index in [4.69, 9.17) is 4.74 Å². The number of rotatable bonds is 6. The van der Waals surface area contributed by atoms with Crippen LogP contribution in [0.3, 0.4) is 0 Å². The lowest BCUT2D eigenvalue weighted by Gasteiger charge is -2.26. The Kier molecular flexibility index (Phi) is 5.83. The molecule has 0 saturated heterocycles. The number of sulfonamides is 1. The first-order valence-corrected chi connectivity index (χ1v) is 9.24. The molecule has 0 radical (unpaired) electrons. The summed E-state index contributed by atoms with van der Waals surface area (Å²) in [6.07, 6.45) is 4.73. The second-order valence-corrected chi connectivity index (χ2v) is 7.71. The van der Waals surface area contributed by atoms with Gasteiger partial charge in [-0.05, 0) is 43.4 Å². The summed E-state index contributed by atoms with van der Waals surface area (Å²) in [5.74, 6) is 0.501. The third-order valence-corrected chi connectivity index (χ3v) is 5.73. The third-order valence-electron chi connectivity index (χ3n) is 4.29. The van der Waals surface area contributed by atoms with E-state index in [-0.39, 0.29) is 17.4 Å². The molecule has 1 fully saturated rings. The lowest BCUT2D eigenvalue weighted by molar-refractivity contribution is 0.0888. The van der Waals surface area contributed by atoms with Crippen molar-refractivity contribution in [3.05, 3.63) is 23.8 Å². The molecule has 1 aliphatic rings. The highest BCUT2D eigenvalue weighted by molar-refractivity contribution is 7.89. The normalized spacial score (nSPS) is 18.1. The van der Waals surface area contributed by atoms with Gasteiger partial charge in [-0.25, -0.2) is 13.1 Å². The first-order valence-electron chi connectivity index (χ1n) is 7.76. The Morgan fingerprint density at radius 1 is 1.32 bits per heavy atom. The molecule has 2 rings (SSSR count). The van der Waals surface area contributed by atoms with E-state index in [1.54, 1.807) is 18.2 Å². The average Bonchev–Trinajstić information content (AvgIpc) is 2.53. The van der Waals surface area contributed by atoms with Crippen LogP contribution in [0.4, 0.5) is 0 Å². The molecule has 1 aromatic rings. The van der Waals surface area contributed by atoms with Crippen molar-refractivity contribution in [2.45, 2.75) is 50.0 Å². The maximum atomic E-state index is 12.4. The largest absolute Gasteiger partial charge is 0.495 e. The summed E-state index contributed by atoms with van der Waals surface area (Å²) in [4.78, 5) is 0.117. The summed E-state index contributed by atoms with van der Waals surface area (Å²) in [5.41, 5.74) is 0.842. The standard InChI is InChI=1S/C16H25NO4S/c1-12-8-9-15(21-2)16(10-12)22(19,20)17-11-14(18)13-6-4-3-5-7-13/h8-10,13-14,17-18H,3-7,11H2,1-2H3/t14-/m0/s1. The number of hydrogen-bond acceptors (Lipinski definition) is 4. The number of aryl methyl sites for hydroxylation is 1. The average molecular weight is 327 g/mol. The molecule has 0 spiro atoms. The van der Waals surface area contributed by atoms with Crippen LogP contribution in [-0.4, -0.2) is 33.3 Å². The Bertz CT molecular complexity index is 594. The molecule has 0 aromatic heterocycles. The van der Waals surface area contributed by atoms with E-state index in [0.717, 1.165) is 31.2 Å². The molecule has 1 atom stereocenters. The lowest BCUT2D eigenvalue weighted by atomic mass is 9.85. The van der Waals surface area contributed by atoms with Crippen molar-refractivity contribution in [1.82, 2.24) is 4.72 Å². The van der Waals surface area contributed by atoms with E-state index < -0.39 is 16.1 Å². The smallest absolute Gasteiger partial charge is 0.244 e. The molecule has 124 valence electrons. The first kappa shape index (κ1) is 17.2. The lowest BCUT2D eigenvalue weighted by Crippen LogP contribution is -2.37. The zero-order valence-corrected chi connectivity index (χ0v) is 14.0.